The predicted molar refractivity (Wildman–Crippen MR) is 57.5 cm³/mol. The van der Waals surface area contributed by atoms with Crippen molar-refractivity contribution in [3.8, 4) is 0 Å². The molecule has 0 aliphatic carbocycles. The fourth-order valence-electron chi connectivity index (χ4n) is 1.06. The summed E-state index contributed by atoms with van der Waals surface area (Å²) in [4.78, 5) is 0. The fraction of sp³-hybridized carbons (Fsp3) is 0.750. The van der Waals surface area contributed by atoms with Crippen molar-refractivity contribution < 1.29 is 9.84 Å². The second kappa shape index (κ2) is 6.06. The Hall–Kier alpha value is -0.630. The van der Waals surface area contributed by atoms with E-state index >= 15 is 0 Å². The Balaban J connectivity index is 2.47. The number of nitrogens with two attached hydrogens (primary N) is 1. The summed E-state index contributed by atoms with van der Waals surface area (Å²) in [6, 6.07) is 0. The minimum absolute atomic E-state index is 0.328. The maximum absolute atomic E-state index is 9.44. The summed E-state index contributed by atoms with van der Waals surface area (Å²) < 4.78 is 6.65. The van der Waals surface area contributed by atoms with Crippen LogP contribution in [0.15, 0.2) is 5.16 Å². The SMILES string of the molecule is COCC(O)CSc1nnc(CN)n1C. The summed E-state index contributed by atoms with van der Waals surface area (Å²) in [6.45, 7) is 0.694. The molecule has 0 saturated heterocycles. The van der Waals surface area contributed by atoms with E-state index in [1.165, 1.54) is 11.8 Å². The lowest BCUT2D eigenvalue weighted by molar-refractivity contribution is 0.0793. The van der Waals surface area contributed by atoms with Gasteiger partial charge in [0.1, 0.15) is 5.82 Å². The number of aromatic nitrogens is 3. The number of methoxy groups -OCH3 is 1. The Morgan fingerprint density at radius 1 is 1.60 bits per heavy atom. The first-order valence-electron chi connectivity index (χ1n) is 4.57. The molecule has 3 N–H and O–H groups in total. The summed E-state index contributed by atoms with van der Waals surface area (Å²) in [6.07, 6.45) is -0.488. The molecule has 1 aromatic rings. The third kappa shape index (κ3) is 3.45. The van der Waals surface area contributed by atoms with Gasteiger partial charge in [-0.25, -0.2) is 0 Å². The van der Waals surface area contributed by atoms with Gasteiger partial charge in [-0.3, -0.25) is 0 Å². The van der Waals surface area contributed by atoms with Crippen LogP contribution in [0.5, 0.6) is 0 Å². The van der Waals surface area contributed by atoms with E-state index in [2.05, 4.69) is 10.2 Å². The largest absolute Gasteiger partial charge is 0.390 e. The molecular weight excluding hydrogens is 216 g/mol. The minimum Gasteiger partial charge on any atom is -0.390 e. The van der Waals surface area contributed by atoms with Crippen molar-refractivity contribution >= 4 is 11.8 Å². The third-order valence-electron chi connectivity index (χ3n) is 1.87. The molecule has 1 rings (SSSR count). The molecule has 0 radical (unpaired) electrons. The number of hydrogen-bond acceptors (Lipinski definition) is 6. The maximum atomic E-state index is 9.44. The molecule has 86 valence electrons. The molecule has 0 bridgehead atoms. The van der Waals surface area contributed by atoms with Crippen molar-refractivity contribution in [2.75, 3.05) is 19.5 Å². The molecule has 0 aliphatic rings. The van der Waals surface area contributed by atoms with Gasteiger partial charge in [-0.2, -0.15) is 0 Å². The predicted octanol–water partition coefficient (Wildman–Crippen LogP) is -0.627. The molecule has 0 spiro atoms. The highest BCUT2D eigenvalue weighted by molar-refractivity contribution is 7.99. The molecule has 7 heteroatoms. The fourth-order valence-corrected chi connectivity index (χ4v) is 1.89. The van der Waals surface area contributed by atoms with Crippen molar-refractivity contribution in [2.24, 2.45) is 12.8 Å². The molecule has 0 aromatic carbocycles. The van der Waals surface area contributed by atoms with Crippen LogP contribution in [0, 0.1) is 0 Å². The molecule has 1 heterocycles. The Labute approximate surface area is 92.8 Å². The lowest BCUT2D eigenvalue weighted by atomic mass is 10.4. The summed E-state index contributed by atoms with van der Waals surface area (Å²) in [5, 5.41) is 18.1. The Morgan fingerprint density at radius 2 is 2.33 bits per heavy atom. The van der Waals surface area contributed by atoms with E-state index in [-0.39, 0.29) is 0 Å². The molecule has 1 unspecified atom stereocenters. The van der Waals surface area contributed by atoms with Gasteiger partial charge in [-0.15, -0.1) is 10.2 Å². The average molecular weight is 232 g/mol. The third-order valence-corrected chi connectivity index (χ3v) is 3.04. The molecule has 0 fully saturated rings. The van der Waals surface area contributed by atoms with Gasteiger partial charge in [0.2, 0.25) is 0 Å². The Kier molecular flexibility index (Phi) is 5.03. The quantitative estimate of drug-likeness (QED) is 0.635. The highest BCUT2D eigenvalue weighted by atomic mass is 32.2. The normalized spacial score (nSPS) is 13.1. The van der Waals surface area contributed by atoms with E-state index in [9.17, 15) is 5.11 Å². The van der Waals surface area contributed by atoms with Gasteiger partial charge in [0, 0.05) is 19.9 Å². The zero-order valence-corrected chi connectivity index (χ0v) is 9.70. The van der Waals surface area contributed by atoms with Gasteiger partial charge in [0.25, 0.3) is 0 Å². The summed E-state index contributed by atoms with van der Waals surface area (Å²) in [7, 11) is 3.41. The first kappa shape index (κ1) is 12.4. The van der Waals surface area contributed by atoms with Crippen LogP contribution in [0.2, 0.25) is 0 Å². The zero-order valence-electron chi connectivity index (χ0n) is 8.88. The van der Waals surface area contributed by atoms with E-state index < -0.39 is 6.10 Å². The van der Waals surface area contributed by atoms with Crippen molar-refractivity contribution in [3.63, 3.8) is 0 Å². The van der Waals surface area contributed by atoms with Crippen molar-refractivity contribution in [1.29, 1.82) is 0 Å². The number of nitrogens with zero attached hydrogens (tertiary/aromatic N) is 3. The van der Waals surface area contributed by atoms with Gasteiger partial charge >= 0.3 is 0 Å². The number of rotatable bonds is 6. The molecule has 1 aromatic heterocycles. The summed E-state index contributed by atoms with van der Waals surface area (Å²) in [5.74, 6) is 1.27. The number of thioether (sulfide) groups is 1. The van der Waals surface area contributed by atoms with E-state index in [0.29, 0.717) is 18.9 Å². The first-order chi connectivity index (χ1) is 7.19. The van der Waals surface area contributed by atoms with Gasteiger partial charge in [-0.05, 0) is 0 Å². The lowest BCUT2D eigenvalue weighted by Crippen LogP contribution is -2.17. The van der Waals surface area contributed by atoms with Gasteiger partial charge < -0.3 is 20.1 Å². The lowest BCUT2D eigenvalue weighted by Gasteiger charge is -2.08. The van der Waals surface area contributed by atoms with Crippen LogP contribution in [-0.2, 0) is 18.3 Å². The van der Waals surface area contributed by atoms with Crippen LogP contribution in [0.1, 0.15) is 5.82 Å². The van der Waals surface area contributed by atoms with Crippen LogP contribution in [0.25, 0.3) is 0 Å². The van der Waals surface area contributed by atoms with Crippen LogP contribution in [-0.4, -0.2) is 45.4 Å². The first-order valence-corrected chi connectivity index (χ1v) is 5.55. The number of aliphatic hydroxyl groups is 1. The topological polar surface area (TPSA) is 86.2 Å². The number of hydrogen-bond donors (Lipinski definition) is 2. The molecular formula is C8H16N4O2S. The van der Waals surface area contributed by atoms with E-state index in [0.717, 1.165) is 11.0 Å². The van der Waals surface area contributed by atoms with Gasteiger partial charge in [-0.1, -0.05) is 11.8 Å². The van der Waals surface area contributed by atoms with Crippen LogP contribution in [0.4, 0.5) is 0 Å². The van der Waals surface area contributed by atoms with Gasteiger partial charge in [0.15, 0.2) is 5.16 Å². The van der Waals surface area contributed by atoms with Crippen LogP contribution >= 0.6 is 11.8 Å². The minimum atomic E-state index is -0.488. The molecule has 0 amide bonds. The second-order valence-electron chi connectivity index (χ2n) is 3.08. The van der Waals surface area contributed by atoms with Gasteiger partial charge in [0.05, 0.1) is 19.3 Å². The highest BCUT2D eigenvalue weighted by Crippen LogP contribution is 2.16. The van der Waals surface area contributed by atoms with Crippen molar-refractivity contribution in [3.05, 3.63) is 5.82 Å². The second-order valence-corrected chi connectivity index (χ2v) is 4.07. The standard InChI is InChI=1S/C8H16N4O2S/c1-12-7(3-9)10-11-8(12)15-5-6(13)4-14-2/h6,13H,3-5,9H2,1-2H3. The van der Waals surface area contributed by atoms with Crippen LogP contribution in [0.3, 0.4) is 0 Å². The number of aliphatic hydroxyl groups excluding tert-OH is 1. The van der Waals surface area contributed by atoms with E-state index in [1.54, 1.807) is 7.11 Å². The molecule has 15 heavy (non-hydrogen) atoms. The summed E-state index contributed by atoms with van der Waals surface area (Å²) in [5.41, 5.74) is 5.47. The smallest absolute Gasteiger partial charge is 0.191 e. The maximum Gasteiger partial charge on any atom is 0.191 e. The molecule has 6 nitrogen and oxygen atoms in total. The van der Waals surface area contributed by atoms with Crippen molar-refractivity contribution in [1.82, 2.24) is 14.8 Å². The molecule has 1 atom stereocenters. The zero-order chi connectivity index (χ0) is 11.3. The number of ether oxygens (including phenoxy) is 1. The Bertz CT molecular complexity index is 305. The molecule has 0 aliphatic heterocycles. The van der Waals surface area contributed by atoms with Crippen LogP contribution < -0.4 is 5.73 Å². The highest BCUT2D eigenvalue weighted by Gasteiger charge is 2.10. The Morgan fingerprint density at radius 3 is 2.87 bits per heavy atom. The summed E-state index contributed by atoms with van der Waals surface area (Å²) >= 11 is 1.44. The van der Waals surface area contributed by atoms with E-state index in [4.69, 9.17) is 10.5 Å². The molecule has 0 saturated carbocycles. The monoisotopic (exact) mass is 232 g/mol. The van der Waals surface area contributed by atoms with Crippen molar-refractivity contribution in [2.45, 2.75) is 17.8 Å². The average Bonchev–Trinajstić information content (AvgIpc) is 2.57. The van der Waals surface area contributed by atoms with E-state index in [1.807, 2.05) is 11.6 Å².